The first kappa shape index (κ1) is 21.3. The molecule has 2 fully saturated rings. The molecule has 31 heavy (non-hydrogen) atoms. The molecular weight excluding hydrogens is 436 g/mol. The number of hydroxylamine groups is 3. The summed E-state index contributed by atoms with van der Waals surface area (Å²) in [4.78, 5) is 35.5. The number of para-hydroxylation sites is 1. The van der Waals surface area contributed by atoms with E-state index in [4.69, 9.17) is 14.1 Å². The lowest BCUT2D eigenvalue weighted by molar-refractivity contribution is -0.139. The molecule has 3 aliphatic heterocycles. The molecule has 4 rings (SSSR count). The molecule has 1 aromatic rings. The number of nitrogens with one attached hydrogen (secondary N) is 1. The lowest BCUT2D eigenvalue weighted by Crippen LogP contribution is -2.50. The number of rotatable bonds is 7. The maximum absolute atomic E-state index is 12.5. The van der Waals surface area contributed by atoms with E-state index in [0.29, 0.717) is 17.0 Å². The molecule has 0 saturated carbocycles. The van der Waals surface area contributed by atoms with Crippen molar-refractivity contribution in [3.05, 3.63) is 29.8 Å². The quantitative estimate of drug-likeness (QED) is 0.365. The summed E-state index contributed by atoms with van der Waals surface area (Å²) in [5.41, 5.74) is 2.73. The molecule has 14 heteroatoms. The summed E-state index contributed by atoms with van der Waals surface area (Å²) < 4.78 is 40.5. The molecule has 0 aromatic heterocycles. The number of carbonyl (C=O) groups excluding carboxylic acids is 2. The molecule has 13 nitrogen and oxygen atoms in total. The number of aliphatic imine (C=N–C) groups is 1. The fourth-order valence-electron chi connectivity index (χ4n) is 3.68. The standard InChI is InChI=1S/C17H20N4O9S/c22-14-4-2-1-3-12(14)16-18-10(8-28-16)9-29-19-15(23)13-6-5-11-7-20(13)17(24)21(11)30-31(25,26)27/h1-4,10-11,13,22H,5-9H2,(H,19,23)(H,25,26,27)/t10-,11+,13-/m0/s1. The van der Waals surface area contributed by atoms with E-state index in [2.05, 4.69) is 14.8 Å². The Morgan fingerprint density at radius 1 is 1.32 bits per heavy atom. The fraction of sp³-hybridized carbons (Fsp3) is 0.471. The third-order valence-electron chi connectivity index (χ3n) is 5.10. The highest BCUT2D eigenvalue weighted by molar-refractivity contribution is 7.80. The molecule has 3 aliphatic rings. The van der Waals surface area contributed by atoms with E-state index in [1.165, 1.54) is 6.07 Å². The van der Waals surface area contributed by atoms with Crippen LogP contribution in [0.15, 0.2) is 29.3 Å². The van der Waals surface area contributed by atoms with Gasteiger partial charge < -0.3 is 14.7 Å². The summed E-state index contributed by atoms with van der Waals surface area (Å²) >= 11 is 0. The molecule has 3 N–H and O–H groups in total. The van der Waals surface area contributed by atoms with Crippen molar-refractivity contribution in [1.82, 2.24) is 15.4 Å². The summed E-state index contributed by atoms with van der Waals surface area (Å²) in [5, 5.41) is 10.4. The molecule has 1 aromatic carbocycles. The minimum absolute atomic E-state index is 0.00409. The Kier molecular flexibility index (Phi) is 5.70. The second-order valence-corrected chi connectivity index (χ2v) is 8.21. The van der Waals surface area contributed by atoms with Crippen molar-refractivity contribution < 1.29 is 41.5 Å². The summed E-state index contributed by atoms with van der Waals surface area (Å²) in [6.07, 6.45) is 0.569. The highest BCUT2D eigenvalue weighted by atomic mass is 32.3. The molecule has 0 unspecified atom stereocenters. The van der Waals surface area contributed by atoms with Crippen LogP contribution in [-0.4, -0.2) is 83.8 Å². The second-order valence-electron chi connectivity index (χ2n) is 7.20. The maximum atomic E-state index is 12.5. The zero-order chi connectivity index (χ0) is 22.2. The SMILES string of the molecule is O=C(NOC[C@@H]1COC(c2ccccc2O)=N1)[C@@H]1CC[C@@H]2CN1C(=O)N2OS(=O)(=O)O. The van der Waals surface area contributed by atoms with Crippen molar-refractivity contribution in [2.45, 2.75) is 31.0 Å². The highest BCUT2D eigenvalue weighted by Crippen LogP contribution is 2.30. The number of benzene rings is 1. The smallest absolute Gasteiger partial charge is 0.418 e. The second kappa shape index (κ2) is 8.30. The molecule has 3 amide bonds. The predicted molar refractivity (Wildman–Crippen MR) is 102 cm³/mol. The van der Waals surface area contributed by atoms with Crippen molar-refractivity contribution in [2.75, 3.05) is 19.8 Å². The van der Waals surface area contributed by atoms with E-state index in [1.807, 2.05) is 0 Å². The van der Waals surface area contributed by atoms with E-state index >= 15 is 0 Å². The highest BCUT2D eigenvalue weighted by Gasteiger charge is 2.49. The zero-order valence-electron chi connectivity index (χ0n) is 16.1. The molecule has 3 atom stereocenters. The van der Waals surface area contributed by atoms with Crippen LogP contribution in [0.1, 0.15) is 18.4 Å². The average molecular weight is 456 g/mol. The molecule has 0 spiro atoms. The fourth-order valence-corrected chi connectivity index (χ4v) is 4.07. The number of aromatic hydroxyl groups is 1. The largest absolute Gasteiger partial charge is 0.507 e. The molecule has 168 valence electrons. The Labute approximate surface area is 177 Å². The Morgan fingerprint density at radius 2 is 2.10 bits per heavy atom. The van der Waals surface area contributed by atoms with Crippen LogP contribution in [-0.2, 0) is 29.1 Å². The van der Waals surface area contributed by atoms with Gasteiger partial charge in [-0.3, -0.25) is 14.2 Å². The number of amides is 3. The van der Waals surface area contributed by atoms with Crippen molar-refractivity contribution in [3.63, 3.8) is 0 Å². The van der Waals surface area contributed by atoms with E-state index in [1.54, 1.807) is 18.2 Å². The molecule has 0 radical (unpaired) electrons. The van der Waals surface area contributed by atoms with Crippen LogP contribution in [0.2, 0.25) is 0 Å². The number of hydrogen-bond acceptors (Lipinski definition) is 9. The number of ether oxygens (including phenoxy) is 1. The number of nitrogens with zero attached hydrogens (tertiary/aromatic N) is 3. The van der Waals surface area contributed by atoms with Gasteiger partial charge in [-0.25, -0.2) is 15.3 Å². The summed E-state index contributed by atoms with van der Waals surface area (Å²) in [5.74, 6) is -0.267. The lowest BCUT2D eigenvalue weighted by Gasteiger charge is -2.28. The van der Waals surface area contributed by atoms with Gasteiger partial charge in [0.2, 0.25) is 5.90 Å². The van der Waals surface area contributed by atoms with E-state index < -0.39 is 40.5 Å². The number of hydrogen-bond donors (Lipinski definition) is 3. The Hall–Kier alpha value is -2.94. The van der Waals surface area contributed by atoms with Crippen molar-refractivity contribution in [2.24, 2.45) is 4.99 Å². The van der Waals surface area contributed by atoms with Gasteiger partial charge in [-0.15, -0.1) is 4.28 Å². The zero-order valence-corrected chi connectivity index (χ0v) is 16.9. The van der Waals surface area contributed by atoms with Crippen LogP contribution >= 0.6 is 0 Å². The normalized spacial score (nSPS) is 25.4. The molecule has 2 bridgehead atoms. The van der Waals surface area contributed by atoms with E-state index in [0.717, 1.165) is 4.90 Å². The first-order valence-electron chi connectivity index (χ1n) is 9.40. The van der Waals surface area contributed by atoms with Gasteiger partial charge in [-0.2, -0.15) is 13.5 Å². The Balaban J connectivity index is 1.29. The molecular formula is C17H20N4O9S. The number of carbonyl (C=O) groups is 2. The number of phenols is 1. The summed E-state index contributed by atoms with van der Waals surface area (Å²) in [6, 6.07) is 3.90. The number of fused-ring (bicyclic) bond motifs is 2. The Bertz CT molecular complexity index is 1010. The van der Waals surface area contributed by atoms with Crippen LogP contribution < -0.4 is 5.48 Å². The maximum Gasteiger partial charge on any atom is 0.418 e. The average Bonchev–Trinajstić information content (AvgIpc) is 3.27. The monoisotopic (exact) mass is 456 g/mol. The van der Waals surface area contributed by atoms with Crippen LogP contribution in [0.5, 0.6) is 5.75 Å². The van der Waals surface area contributed by atoms with Gasteiger partial charge in [0.15, 0.2) is 0 Å². The number of piperidine rings is 1. The Morgan fingerprint density at radius 3 is 2.84 bits per heavy atom. The summed E-state index contributed by atoms with van der Waals surface area (Å²) in [6.45, 7) is 0.290. The van der Waals surface area contributed by atoms with E-state index in [9.17, 15) is 23.1 Å². The number of phenolic OH excluding ortho intramolecular Hbond substituents is 1. The van der Waals surface area contributed by atoms with Gasteiger partial charge in [0, 0.05) is 6.54 Å². The van der Waals surface area contributed by atoms with Crippen molar-refractivity contribution in [1.29, 1.82) is 0 Å². The van der Waals surface area contributed by atoms with Gasteiger partial charge in [0.1, 0.15) is 31.0 Å². The van der Waals surface area contributed by atoms with Gasteiger partial charge in [-0.05, 0) is 25.0 Å². The van der Waals surface area contributed by atoms with Crippen molar-refractivity contribution >= 4 is 28.2 Å². The first-order valence-corrected chi connectivity index (χ1v) is 10.8. The molecule has 3 heterocycles. The molecule has 2 saturated heterocycles. The third-order valence-corrected chi connectivity index (χ3v) is 5.44. The predicted octanol–water partition coefficient (Wildman–Crippen LogP) is -0.412. The number of urea groups is 1. The van der Waals surface area contributed by atoms with Crippen molar-refractivity contribution in [3.8, 4) is 5.75 Å². The van der Waals surface area contributed by atoms with Crippen LogP contribution in [0.25, 0.3) is 0 Å². The van der Waals surface area contributed by atoms with Gasteiger partial charge in [-0.1, -0.05) is 12.1 Å². The van der Waals surface area contributed by atoms with Gasteiger partial charge in [0.25, 0.3) is 5.91 Å². The van der Waals surface area contributed by atoms with Gasteiger partial charge >= 0.3 is 16.4 Å². The van der Waals surface area contributed by atoms with Crippen LogP contribution in [0, 0.1) is 0 Å². The van der Waals surface area contributed by atoms with E-state index in [-0.39, 0.29) is 37.8 Å². The first-order chi connectivity index (χ1) is 14.7. The minimum atomic E-state index is -4.85. The van der Waals surface area contributed by atoms with Crippen LogP contribution in [0.3, 0.4) is 0 Å². The van der Waals surface area contributed by atoms with Gasteiger partial charge in [0.05, 0.1) is 11.6 Å². The lowest BCUT2D eigenvalue weighted by atomic mass is 10.0. The van der Waals surface area contributed by atoms with Crippen LogP contribution in [0.4, 0.5) is 4.79 Å². The topological polar surface area (TPSA) is 167 Å². The third kappa shape index (κ3) is 4.56. The summed E-state index contributed by atoms with van der Waals surface area (Å²) in [7, 11) is -4.85. The molecule has 0 aliphatic carbocycles. The minimum Gasteiger partial charge on any atom is -0.507 e.